The highest BCUT2D eigenvalue weighted by Gasteiger charge is 2.28. The Bertz CT molecular complexity index is 992. The molecule has 174 valence electrons. The molecule has 3 heterocycles. The number of ether oxygens (including phenoxy) is 2. The molecule has 32 heavy (non-hydrogen) atoms. The van der Waals surface area contributed by atoms with Crippen molar-refractivity contribution in [2.24, 2.45) is 12.0 Å². The van der Waals surface area contributed by atoms with Crippen molar-refractivity contribution in [3.8, 4) is 11.5 Å². The van der Waals surface area contributed by atoms with Gasteiger partial charge in [-0.3, -0.25) is 9.48 Å². The molecule has 10 heteroatoms. The number of piperazine rings is 1. The summed E-state index contributed by atoms with van der Waals surface area (Å²) in [5.74, 6) is 2.47. The first-order chi connectivity index (χ1) is 15.0. The standard InChI is InChI=1S/C22H30N6O3.HI/c1-5-23-22(27-6-7-28(21(29)14-27)18-12-25-26(3)13-18)24-11-17-10-20-16(8-15(2)31-20)9-19(17)30-4;/h9-10,12-13,15H,5-8,11,14H2,1-4H3,(H,23,24);1H. The van der Waals surface area contributed by atoms with Gasteiger partial charge in [0.2, 0.25) is 5.91 Å². The van der Waals surface area contributed by atoms with Gasteiger partial charge in [-0.25, -0.2) is 4.99 Å². The fourth-order valence-electron chi connectivity index (χ4n) is 4.06. The topological polar surface area (TPSA) is 84.2 Å². The van der Waals surface area contributed by atoms with Crippen molar-refractivity contribution < 1.29 is 14.3 Å². The van der Waals surface area contributed by atoms with Gasteiger partial charge in [-0.1, -0.05) is 0 Å². The molecule has 1 amide bonds. The van der Waals surface area contributed by atoms with Crippen LogP contribution in [0.4, 0.5) is 5.69 Å². The number of hydrogen-bond acceptors (Lipinski definition) is 5. The molecule has 1 aromatic carbocycles. The van der Waals surface area contributed by atoms with Crippen LogP contribution in [-0.2, 0) is 24.8 Å². The van der Waals surface area contributed by atoms with Crippen molar-refractivity contribution in [2.75, 3.05) is 38.2 Å². The van der Waals surface area contributed by atoms with E-state index in [1.807, 2.05) is 37.2 Å². The number of aryl methyl sites for hydroxylation is 1. The van der Waals surface area contributed by atoms with E-state index < -0.39 is 0 Å². The number of guanidine groups is 1. The van der Waals surface area contributed by atoms with E-state index in [0.717, 1.165) is 41.7 Å². The van der Waals surface area contributed by atoms with E-state index in [9.17, 15) is 4.79 Å². The summed E-state index contributed by atoms with van der Waals surface area (Å²) >= 11 is 0. The molecule has 9 nitrogen and oxygen atoms in total. The molecule has 1 fully saturated rings. The monoisotopic (exact) mass is 554 g/mol. The van der Waals surface area contributed by atoms with E-state index in [4.69, 9.17) is 14.5 Å². The van der Waals surface area contributed by atoms with Gasteiger partial charge in [0.15, 0.2) is 5.96 Å². The lowest BCUT2D eigenvalue weighted by atomic mass is 10.1. The van der Waals surface area contributed by atoms with Gasteiger partial charge in [-0.2, -0.15) is 5.10 Å². The maximum Gasteiger partial charge on any atom is 0.246 e. The maximum absolute atomic E-state index is 12.8. The van der Waals surface area contributed by atoms with E-state index in [-0.39, 0.29) is 42.5 Å². The number of carbonyl (C=O) groups is 1. The molecule has 0 spiro atoms. The molecule has 1 atom stereocenters. The third-order valence-corrected chi connectivity index (χ3v) is 5.56. The average molecular weight is 554 g/mol. The van der Waals surface area contributed by atoms with Gasteiger partial charge in [0.1, 0.15) is 24.1 Å². The van der Waals surface area contributed by atoms with Crippen LogP contribution in [0.15, 0.2) is 29.5 Å². The molecular formula is C22H31IN6O3. The summed E-state index contributed by atoms with van der Waals surface area (Å²) in [6.45, 7) is 6.79. The average Bonchev–Trinajstić information content (AvgIpc) is 3.34. The van der Waals surface area contributed by atoms with Crippen molar-refractivity contribution in [3.05, 3.63) is 35.7 Å². The molecule has 1 N–H and O–H groups in total. The third-order valence-electron chi connectivity index (χ3n) is 5.56. The molecular weight excluding hydrogens is 523 g/mol. The quantitative estimate of drug-likeness (QED) is 0.347. The van der Waals surface area contributed by atoms with Crippen LogP contribution < -0.4 is 19.7 Å². The number of methoxy groups -OCH3 is 1. The van der Waals surface area contributed by atoms with E-state index in [1.165, 1.54) is 5.56 Å². The molecule has 0 saturated carbocycles. The number of anilines is 1. The van der Waals surface area contributed by atoms with Crippen molar-refractivity contribution in [1.82, 2.24) is 20.0 Å². The van der Waals surface area contributed by atoms with E-state index in [0.29, 0.717) is 19.6 Å². The van der Waals surface area contributed by atoms with Gasteiger partial charge in [0, 0.05) is 50.4 Å². The zero-order valence-corrected chi connectivity index (χ0v) is 21.3. The molecule has 1 aromatic heterocycles. The van der Waals surface area contributed by atoms with Crippen LogP contribution >= 0.6 is 24.0 Å². The normalized spacial score (nSPS) is 18.2. The number of aliphatic imine (C=N–C) groups is 1. The van der Waals surface area contributed by atoms with Crippen molar-refractivity contribution in [3.63, 3.8) is 0 Å². The SMILES string of the molecule is CCNC(=NCc1cc2c(cc1OC)CC(C)O2)N1CCN(c2cnn(C)c2)C(=O)C1.I. The Morgan fingerprint density at radius 3 is 2.84 bits per heavy atom. The number of hydrogen-bond donors (Lipinski definition) is 1. The number of aromatic nitrogens is 2. The molecule has 4 rings (SSSR count). The summed E-state index contributed by atoms with van der Waals surface area (Å²) in [6.07, 6.45) is 4.64. The Labute approximate surface area is 205 Å². The van der Waals surface area contributed by atoms with Crippen LogP contribution in [0.2, 0.25) is 0 Å². The van der Waals surface area contributed by atoms with Gasteiger partial charge in [0.05, 0.1) is 25.5 Å². The molecule has 2 aromatic rings. The van der Waals surface area contributed by atoms with Crippen LogP contribution in [0.1, 0.15) is 25.0 Å². The summed E-state index contributed by atoms with van der Waals surface area (Å²) in [4.78, 5) is 21.4. The molecule has 1 saturated heterocycles. The first-order valence-electron chi connectivity index (χ1n) is 10.7. The highest BCUT2D eigenvalue weighted by Crippen LogP contribution is 2.35. The van der Waals surface area contributed by atoms with E-state index in [1.54, 1.807) is 22.9 Å². The summed E-state index contributed by atoms with van der Waals surface area (Å²) in [7, 11) is 3.52. The fraction of sp³-hybridized carbons (Fsp3) is 0.500. The number of nitrogens with one attached hydrogen (secondary N) is 1. The minimum atomic E-state index is 0. The lowest BCUT2D eigenvalue weighted by Crippen LogP contribution is -2.55. The van der Waals surface area contributed by atoms with Crippen LogP contribution in [0.25, 0.3) is 0 Å². The highest BCUT2D eigenvalue weighted by molar-refractivity contribution is 14.0. The van der Waals surface area contributed by atoms with E-state index >= 15 is 0 Å². The van der Waals surface area contributed by atoms with Crippen LogP contribution in [-0.4, -0.2) is 65.9 Å². The Kier molecular flexibility index (Phi) is 7.86. The fourth-order valence-corrected chi connectivity index (χ4v) is 4.06. The lowest BCUT2D eigenvalue weighted by molar-refractivity contribution is -0.120. The molecule has 0 bridgehead atoms. The molecule has 0 radical (unpaired) electrons. The Morgan fingerprint density at radius 1 is 1.38 bits per heavy atom. The number of amides is 1. The lowest BCUT2D eigenvalue weighted by Gasteiger charge is -2.35. The smallest absolute Gasteiger partial charge is 0.246 e. The molecule has 0 aliphatic carbocycles. The number of carbonyl (C=O) groups excluding carboxylic acids is 1. The second-order valence-corrected chi connectivity index (χ2v) is 7.91. The summed E-state index contributed by atoms with van der Waals surface area (Å²) < 4.78 is 13.2. The van der Waals surface area contributed by atoms with Crippen molar-refractivity contribution >= 4 is 41.5 Å². The predicted octanol–water partition coefficient (Wildman–Crippen LogP) is 2.18. The summed E-state index contributed by atoms with van der Waals surface area (Å²) in [5, 5.41) is 7.48. The minimum Gasteiger partial charge on any atom is -0.496 e. The first kappa shape index (κ1) is 24.1. The van der Waals surface area contributed by atoms with E-state index in [2.05, 4.69) is 17.3 Å². The number of benzene rings is 1. The summed E-state index contributed by atoms with van der Waals surface area (Å²) in [6, 6.07) is 4.07. The number of halogens is 1. The Morgan fingerprint density at radius 2 is 2.19 bits per heavy atom. The van der Waals surface area contributed by atoms with Gasteiger partial charge in [-0.05, 0) is 26.0 Å². The maximum atomic E-state index is 12.8. The Hall–Kier alpha value is -2.50. The number of fused-ring (bicyclic) bond motifs is 1. The van der Waals surface area contributed by atoms with Crippen LogP contribution in [0.3, 0.4) is 0 Å². The molecule has 2 aliphatic rings. The second-order valence-electron chi connectivity index (χ2n) is 7.91. The predicted molar refractivity (Wildman–Crippen MR) is 134 cm³/mol. The van der Waals surface area contributed by atoms with Gasteiger partial charge < -0.3 is 24.6 Å². The van der Waals surface area contributed by atoms with Gasteiger partial charge in [-0.15, -0.1) is 24.0 Å². The zero-order chi connectivity index (χ0) is 22.0. The van der Waals surface area contributed by atoms with Gasteiger partial charge >= 0.3 is 0 Å². The first-order valence-corrected chi connectivity index (χ1v) is 10.7. The third kappa shape index (κ3) is 5.11. The van der Waals surface area contributed by atoms with Crippen molar-refractivity contribution in [1.29, 1.82) is 0 Å². The highest BCUT2D eigenvalue weighted by atomic mass is 127. The zero-order valence-electron chi connectivity index (χ0n) is 19.0. The van der Waals surface area contributed by atoms with Crippen LogP contribution in [0.5, 0.6) is 11.5 Å². The number of nitrogens with zero attached hydrogens (tertiary/aromatic N) is 5. The van der Waals surface area contributed by atoms with Crippen LogP contribution in [0, 0.1) is 0 Å². The Balaban J connectivity index is 0.00000289. The molecule has 2 aliphatic heterocycles. The largest absolute Gasteiger partial charge is 0.496 e. The summed E-state index contributed by atoms with van der Waals surface area (Å²) in [5.41, 5.74) is 2.96. The van der Waals surface area contributed by atoms with Crippen molar-refractivity contribution in [2.45, 2.75) is 32.9 Å². The molecule has 1 unspecified atom stereocenters. The number of rotatable bonds is 5. The second kappa shape index (κ2) is 10.4. The minimum absolute atomic E-state index is 0. The van der Waals surface area contributed by atoms with Gasteiger partial charge in [0.25, 0.3) is 0 Å².